The fraction of sp³-hybridized carbons (Fsp3) is 0.293. The van der Waals surface area contributed by atoms with Crippen LogP contribution < -0.4 is 0 Å². The van der Waals surface area contributed by atoms with Crippen LogP contribution in [0.2, 0.25) is 0 Å². The Morgan fingerprint density at radius 3 is 1.78 bits per heavy atom. The van der Waals surface area contributed by atoms with E-state index in [1.165, 1.54) is 17.2 Å². The van der Waals surface area contributed by atoms with Crippen LogP contribution in [-0.4, -0.2) is 15.1 Å². The summed E-state index contributed by atoms with van der Waals surface area (Å²) in [6.45, 7) is 19.8. The first-order valence-corrected chi connectivity index (χ1v) is 15.3. The fourth-order valence-electron chi connectivity index (χ4n) is 5.17. The van der Waals surface area contributed by atoms with Gasteiger partial charge < -0.3 is 5.11 Å². The molecule has 0 radical (unpaired) electrons. The number of benzene rings is 2. The van der Waals surface area contributed by atoms with E-state index >= 15 is 0 Å². The molecule has 5 aromatic rings. The smallest absolute Gasteiger partial charge is 0.133 e. The third-order valence-electron chi connectivity index (χ3n) is 8.06. The summed E-state index contributed by atoms with van der Waals surface area (Å²) >= 11 is 0. The molecule has 5 heteroatoms. The second kappa shape index (κ2) is 12.9. The molecule has 236 valence electrons. The summed E-state index contributed by atoms with van der Waals surface area (Å²) in [6.07, 6.45) is 1.81. The summed E-state index contributed by atoms with van der Waals surface area (Å²) in [7, 11) is 0. The van der Waals surface area contributed by atoms with Crippen LogP contribution in [0.4, 0.5) is 0 Å². The molecule has 0 amide bonds. The van der Waals surface area contributed by atoms with E-state index in [1.807, 2.05) is 30.3 Å². The number of rotatable bonds is 4. The van der Waals surface area contributed by atoms with E-state index in [1.54, 1.807) is 12.3 Å². The Morgan fingerprint density at radius 1 is 0.674 bits per heavy atom. The molecule has 3 aromatic carbocycles. The van der Waals surface area contributed by atoms with Crippen LogP contribution in [0.5, 0.6) is 5.75 Å². The van der Waals surface area contributed by atoms with Crippen molar-refractivity contribution in [2.45, 2.75) is 78.6 Å². The largest absolute Gasteiger partial charge is 0.507 e. The zero-order chi connectivity index (χ0) is 32.7. The molecule has 46 heavy (non-hydrogen) atoms. The Hall–Kier alpha value is -4.24. The predicted molar refractivity (Wildman–Crippen MR) is 183 cm³/mol. The first kappa shape index (κ1) is 34.6. The number of hydrogen-bond acceptors (Lipinski definition) is 4. The van der Waals surface area contributed by atoms with Crippen LogP contribution in [0.3, 0.4) is 0 Å². The molecule has 0 bridgehead atoms. The summed E-state index contributed by atoms with van der Waals surface area (Å²) in [5.74, 6) is 0.0711. The van der Waals surface area contributed by atoms with E-state index in [0.29, 0.717) is 28.1 Å². The maximum Gasteiger partial charge on any atom is 0.133 e. The SMILES string of the molecule is CC(C)(C)c1cc(-c2cc(-c3[c-]c(-c4cc(C(C)(C)C)ccn4)cc(C#N)c3)nc(-c3cc#ccc3O)c2)cc(C(C)(C)C)c1.[Pt]. The Morgan fingerprint density at radius 2 is 1.22 bits per heavy atom. The molecule has 5 rings (SSSR count). The van der Waals surface area contributed by atoms with Crippen molar-refractivity contribution in [3.05, 3.63) is 113 Å². The van der Waals surface area contributed by atoms with E-state index in [0.717, 1.165) is 27.9 Å². The first-order chi connectivity index (χ1) is 21.0. The van der Waals surface area contributed by atoms with Gasteiger partial charge in [0.1, 0.15) is 5.75 Å². The molecule has 2 heterocycles. The molecule has 0 atom stereocenters. The van der Waals surface area contributed by atoms with Crippen molar-refractivity contribution in [2.24, 2.45) is 0 Å². The molecule has 1 N–H and O–H groups in total. The number of nitrogens with zero attached hydrogens (tertiary/aromatic N) is 3. The van der Waals surface area contributed by atoms with Crippen molar-refractivity contribution < 1.29 is 26.2 Å². The number of nitriles is 1. The molecule has 0 fully saturated rings. The maximum atomic E-state index is 10.8. The molecule has 0 unspecified atom stereocenters. The number of pyridine rings is 2. The fourth-order valence-corrected chi connectivity index (χ4v) is 5.17. The summed E-state index contributed by atoms with van der Waals surface area (Å²) < 4.78 is 0. The minimum Gasteiger partial charge on any atom is -0.507 e. The van der Waals surface area contributed by atoms with Gasteiger partial charge in [-0.1, -0.05) is 116 Å². The number of aromatic nitrogens is 2. The topological polar surface area (TPSA) is 69.8 Å². The molecule has 4 nitrogen and oxygen atoms in total. The first-order valence-electron chi connectivity index (χ1n) is 15.3. The number of aromatic hydroxyl groups is 1. The van der Waals surface area contributed by atoms with E-state index in [2.05, 4.69) is 116 Å². The van der Waals surface area contributed by atoms with Crippen molar-refractivity contribution in [1.29, 1.82) is 5.26 Å². The van der Waals surface area contributed by atoms with Gasteiger partial charge in [0.15, 0.2) is 0 Å². The molecule has 0 saturated carbocycles. The summed E-state index contributed by atoms with van der Waals surface area (Å²) in [6, 6.07) is 33.3. The van der Waals surface area contributed by atoms with Gasteiger partial charge in [-0.3, -0.25) is 9.97 Å². The molecule has 0 aliphatic carbocycles. The summed E-state index contributed by atoms with van der Waals surface area (Å²) in [5, 5.41) is 20.8. The van der Waals surface area contributed by atoms with Gasteiger partial charge in [0.25, 0.3) is 0 Å². The molecule has 0 saturated heterocycles. The third-order valence-corrected chi connectivity index (χ3v) is 8.06. The molecular weight excluding hydrogens is 746 g/mol. The molecule has 0 aliphatic heterocycles. The molecule has 0 aliphatic rings. The monoisotopic (exact) mass is 785 g/mol. The average molecular weight is 786 g/mol. The van der Waals surface area contributed by atoms with Gasteiger partial charge >= 0.3 is 0 Å². The number of hydrogen-bond donors (Lipinski definition) is 1. The van der Waals surface area contributed by atoms with Gasteiger partial charge in [-0.15, -0.1) is 18.2 Å². The standard InChI is InChI=1S/C41H40N3O.Pt/c1-39(2,3)31-14-15-43-35(24-31)29-16-26(25-42)17-30(18-29)36-21-28(22-37(44-36)34-12-10-11-13-38(34)45)27-19-32(40(4,5)6)23-33(20-27)41(7,8)9;/h12-17,19-24,45H,1-9H3;/q-1;. The minimum atomic E-state index is -0.0599. The van der Waals surface area contributed by atoms with Gasteiger partial charge in [-0.2, -0.15) is 5.26 Å². The van der Waals surface area contributed by atoms with Crippen molar-refractivity contribution >= 4 is 0 Å². The zero-order valence-corrected chi connectivity index (χ0v) is 30.3. The maximum absolute atomic E-state index is 10.8. The van der Waals surface area contributed by atoms with Crippen LogP contribution in [0.1, 0.15) is 84.6 Å². The van der Waals surface area contributed by atoms with Gasteiger partial charge in [0.05, 0.1) is 17.3 Å². The van der Waals surface area contributed by atoms with Crippen molar-refractivity contribution in [3.63, 3.8) is 0 Å². The summed E-state index contributed by atoms with van der Waals surface area (Å²) in [4.78, 5) is 9.65. The van der Waals surface area contributed by atoms with Gasteiger partial charge in [0.2, 0.25) is 0 Å². The van der Waals surface area contributed by atoms with Crippen LogP contribution in [0, 0.1) is 29.5 Å². The second-order valence-electron chi connectivity index (χ2n) is 14.8. The Bertz CT molecular complexity index is 1900. The van der Waals surface area contributed by atoms with Crippen molar-refractivity contribution in [3.8, 4) is 56.7 Å². The Balaban J connectivity index is 0.00000480. The van der Waals surface area contributed by atoms with E-state index in [9.17, 15) is 10.4 Å². The minimum absolute atomic E-state index is 0. The third kappa shape index (κ3) is 7.58. The normalized spacial score (nSPS) is 11.7. The molecule has 0 spiro atoms. The molecular formula is C41H40N3OPt-. The van der Waals surface area contributed by atoms with Crippen LogP contribution in [-0.2, 0) is 37.3 Å². The Labute approximate surface area is 288 Å². The average Bonchev–Trinajstić information content (AvgIpc) is 2.99. The summed E-state index contributed by atoms with van der Waals surface area (Å²) in [5.41, 5.74) is 9.86. The van der Waals surface area contributed by atoms with Crippen LogP contribution >= 0.6 is 0 Å². The van der Waals surface area contributed by atoms with Crippen molar-refractivity contribution in [2.75, 3.05) is 0 Å². The van der Waals surface area contributed by atoms with E-state index in [4.69, 9.17) is 4.98 Å². The second-order valence-corrected chi connectivity index (χ2v) is 14.8. The van der Waals surface area contributed by atoms with Gasteiger partial charge in [-0.25, -0.2) is 0 Å². The Kier molecular flexibility index (Phi) is 9.69. The zero-order valence-electron chi connectivity index (χ0n) is 28.0. The van der Waals surface area contributed by atoms with Crippen LogP contribution in [0.25, 0.3) is 44.9 Å². The quantitative estimate of drug-likeness (QED) is 0.184. The predicted octanol–water partition coefficient (Wildman–Crippen LogP) is 10.0. The van der Waals surface area contributed by atoms with E-state index < -0.39 is 0 Å². The van der Waals surface area contributed by atoms with Gasteiger partial charge in [0, 0.05) is 50.8 Å². The van der Waals surface area contributed by atoms with E-state index in [-0.39, 0.29) is 43.1 Å². The van der Waals surface area contributed by atoms with Crippen LogP contribution in [0.15, 0.2) is 72.9 Å². The van der Waals surface area contributed by atoms with Gasteiger partial charge in [-0.05, 0) is 61.8 Å². The van der Waals surface area contributed by atoms with Crippen molar-refractivity contribution in [1.82, 2.24) is 9.97 Å². The molecule has 2 aromatic heterocycles.